The van der Waals surface area contributed by atoms with Gasteiger partial charge in [-0.05, 0) is 71.3 Å². The smallest absolute Gasteiger partial charge is 0.251 e. The fourth-order valence-corrected chi connectivity index (χ4v) is 5.35. The molecule has 0 saturated heterocycles. The summed E-state index contributed by atoms with van der Waals surface area (Å²) in [5.41, 5.74) is 10.8. The van der Waals surface area contributed by atoms with Crippen LogP contribution in [-0.4, -0.2) is 37.7 Å². The fourth-order valence-electron chi connectivity index (χ4n) is 5.35. The van der Waals surface area contributed by atoms with Gasteiger partial charge in [-0.3, -0.25) is 4.79 Å². The van der Waals surface area contributed by atoms with Crippen molar-refractivity contribution < 1.29 is 4.79 Å². The number of fused-ring (bicyclic) bond motifs is 2. The van der Waals surface area contributed by atoms with Gasteiger partial charge in [0, 0.05) is 34.7 Å². The third-order valence-corrected chi connectivity index (χ3v) is 6.64. The van der Waals surface area contributed by atoms with Crippen LogP contribution < -0.4 is 11.1 Å². The molecular weight excluding hydrogens is 400 g/mol. The number of halogens is 1. The van der Waals surface area contributed by atoms with Crippen LogP contribution in [-0.2, 0) is 11.2 Å². The van der Waals surface area contributed by atoms with E-state index in [1.165, 1.54) is 19.3 Å². The van der Waals surface area contributed by atoms with Crippen LogP contribution in [0.5, 0.6) is 0 Å². The summed E-state index contributed by atoms with van der Waals surface area (Å²) in [7, 11) is 0. The number of nitrogens with two attached hydrogens (primary N) is 1. The molecular formula is C22H33ClN6O. The van der Waals surface area contributed by atoms with Crippen molar-refractivity contribution in [1.82, 2.24) is 25.1 Å². The Balaban J connectivity index is 0.00000256. The molecule has 7 nitrogen and oxygen atoms in total. The molecule has 0 aliphatic heterocycles. The number of hydrogen-bond donors (Lipinski definition) is 2. The number of aromatic nitrogens is 4. The summed E-state index contributed by atoms with van der Waals surface area (Å²) in [6, 6.07) is 2.50. The standard InChI is InChI=1S/C22H32N6O.ClH/c1-12-8-13(2)25-22(24-12)28-15(4)19(14(3)27-28)11-20(29)26-21-16-6-5-7-17(21)10-18(23)9-16;/h8,16-18,21H,5-7,9-11,23H2,1-4H3,(H,26,29);1H. The van der Waals surface area contributed by atoms with Gasteiger partial charge in [-0.1, -0.05) is 6.42 Å². The normalized spacial score (nSPS) is 25.5. The SMILES string of the molecule is Cc1cc(C)nc(-n2nc(C)c(CC(=O)NC3C4CCCC3CC(N)C4)c2C)n1.Cl. The number of rotatable bonds is 4. The topological polar surface area (TPSA) is 98.7 Å². The van der Waals surface area contributed by atoms with Gasteiger partial charge in [-0.15, -0.1) is 12.4 Å². The van der Waals surface area contributed by atoms with Gasteiger partial charge in [-0.25, -0.2) is 14.6 Å². The third kappa shape index (κ3) is 4.52. The first kappa shape index (κ1) is 22.7. The summed E-state index contributed by atoms with van der Waals surface area (Å²) < 4.78 is 1.76. The van der Waals surface area contributed by atoms with Crippen LogP contribution in [0.1, 0.15) is 60.4 Å². The second kappa shape index (κ2) is 9.02. The predicted octanol–water partition coefficient (Wildman–Crippen LogP) is 2.88. The van der Waals surface area contributed by atoms with Gasteiger partial charge in [0.1, 0.15) is 0 Å². The molecule has 2 heterocycles. The van der Waals surface area contributed by atoms with Crippen molar-refractivity contribution in [3.8, 4) is 5.95 Å². The highest BCUT2D eigenvalue weighted by atomic mass is 35.5. The number of nitrogens with zero attached hydrogens (tertiary/aromatic N) is 4. The molecule has 2 saturated carbocycles. The number of amides is 1. The first-order valence-electron chi connectivity index (χ1n) is 10.7. The summed E-state index contributed by atoms with van der Waals surface area (Å²) in [5.74, 6) is 1.69. The monoisotopic (exact) mass is 432 g/mol. The zero-order valence-electron chi connectivity index (χ0n) is 18.3. The van der Waals surface area contributed by atoms with Crippen LogP contribution in [0, 0.1) is 39.5 Å². The number of carbonyl (C=O) groups excluding carboxylic acids is 1. The zero-order valence-corrected chi connectivity index (χ0v) is 19.1. The van der Waals surface area contributed by atoms with Crippen molar-refractivity contribution in [2.75, 3.05) is 0 Å². The molecule has 0 aromatic carbocycles. The van der Waals surface area contributed by atoms with E-state index in [0.717, 1.165) is 41.2 Å². The molecule has 2 fully saturated rings. The fraction of sp³-hybridized carbons (Fsp3) is 0.636. The van der Waals surface area contributed by atoms with Gasteiger partial charge >= 0.3 is 0 Å². The highest BCUT2D eigenvalue weighted by molar-refractivity contribution is 5.85. The van der Waals surface area contributed by atoms with E-state index in [4.69, 9.17) is 5.73 Å². The van der Waals surface area contributed by atoms with Crippen molar-refractivity contribution in [2.24, 2.45) is 17.6 Å². The van der Waals surface area contributed by atoms with E-state index < -0.39 is 0 Å². The molecule has 8 heteroatoms. The number of hydrogen-bond acceptors (Lipinski definition) is 5. The minimum Gasteiger partial charge on any atom is -0.353 e. The molecule has 2 atom stereocenters. The Hall–Kier alpha value is -1.99. The first-order chi connectivity index (χ1) is 13.8. The summed E-state index contributed by atoms with van der Waals surface area (Å²) in [6.07, 6.45) is 6.01. The number of carbonyl (C=O) groups is 1. The van der Waals surface area contributed by atoms with Crippen molar-refractivity contribution >= 4 is 18.3 Å². The van der Waals surface area contributed by atoms with Crippen LogP contribution in [0.2, 0.25) is 0 Å². The summed E-state index contributed by atoms with van der Waals surface area (Å²) in [6.45, 7) is 7.83. The van der Waals surface area contributed by atoms with Gasteiger partial charge in [0.25, 0.3) is 5.95 Å². The van der Waals surface area contributed by atoms with Crippen LogP contribution in [0.25, 0.3) is 5.95 Å². The van der Waals surface area contributed by atoms with E-state index in [9.17, 15) is 4.79 Å². The van der Waals surface area contributed by atoms with Gasteiger partial charge in [0.2, 0.25) is 5.91 Å². The Kier molecular flexibility index (Phi) is 6.82. The summed E-state index contributed by atoms with van der Waals surface area (Å²) in [4.78, 5) is 22.0. The highest BCUT2D eigenvalue weighted by Crippen LogP contribution is 2.39. The van der Waals surface area contributed by atoms with Crippen molar-refractivity contribution in [3.63, 3.8) is 0 Å². The minimum atomic E-state index is 0. The zero-order chi connectivity index (χ0) is 20.7. The predicted molar refractivity (Wildman–Crippen MR) is 119 cm³/mol. The Morgan fingerprint density at radius 2 is 1.73 bits per heavy atom. The van der Waals surface area contributed by atoms with Crippen molar-refractivity contribution in [2.45, 2.75) is 78.3 Å². The lowest BCUT2D eigenvalue weighted by Gasteiger charge is -2.45. The van der Waals surface area contributed by atoms with Crippen molar-refractivity contribution in [1.29, 1.82) is 0 Å². The minimum absolute atomic E-state index is 0. The van der Waals surface area contributed by atoms with Gasteiger partial charge in [-0.2, -0.15) is 5.10 Å². The lowest BCUT2D eigenvalue weighted by molar-refractivity contribution is -0.122. The lowest BCUT2D eigenvalue weighted by Crippen LogP contribution is -2.54. The molecule has 1 amide bonds. The molecule has 3 N–H and O–H groups in total. The Bertz CT molecular complexity index is 892. The second-order valence-electron chi connectivity index (χ2n) is 8.96. The molecule has 2 aromatic rings. The molecule has 2 bridgehead atoms. The Morgan fingerprint density at radius 1 is 1.13 bits per heavy atom. The molecule has 2 aliphatic carbocycles. The molecule has 0 radical (unpaired) electrons. The van der Waals surface area contributed by atoms with E-state index in [1.54, 1.807) is 4.68 Å². The van der Waals surface area contributed by atoms with Gasteiger partial charge in [0.15, 0.2) is 0 Å². The van der Waals surface area contributed by atoms with Crippen LogP contribution in [0.3, 0.4) is 0 Å². The van der Waals surface area contributed by atoms with E-state index in [-0.39, 0.29) is 24.4 Å². The Morgan fingerprint density at radius 3 is 2.33 bits per heavy atom. The van der Waals surface area contributed by atoms with Gasteiger partial charge in [0.05, 0.1) is 12.1 Å². The highest BCUT2D eigenvalue weighted by Gasteiger charge is 2.39. The maximum absolute atomic E-state index is 12.9. The van der Waals surface area contributed by atoms with E-state index >= 15 is 0 Å². The maximum atomic E-state index is 12.9. The second-order valence-corrected chi connectivity index (χ2v) is 8.96. The summed E-state index contributed by atoms with van der Waals surface area (Å²) in [5, 5.41) is 7.97. The average Bonchev–Trinajstić information content (AvgIpc) is 2.90. The molecule has 4 rings (SSSR count). The summed E-state index contributed by atoms with van der Waals surface area (Å²) >= 11 is 0. The van der Waals surface area contributed by atoms with E-state index in [2.05, 4.69) is 20.4 Å². The van der Waals surface area contributed by atoms with E-state index in [0.29, 0.717) is 30.2 Å². The average molecular weight is 433 g/mol. The maximum Gasteiger partial charge on any atom is 0.251 e. The van der Waals surface area contributed by atoms with Crippen LogP contribution in [0.4, 0.5) is 0 Å². The third-order valence-electron chi connectivity index (χ3n) is 6.64. The number of nitrogens with one attached hydrogen (secondary N) is 1. The quantitative estimate of drug-likeness (QED) is 0.773. The molecule has 0 spiro atoms. The molecule has 2 aliphatic rings. The van der Waals surface area contributed by atoms with Crippen LogP contribution >= 0.6 is 12.4 Å². The molecule has 2 unspecified atom stereocenters. The molecule has 164 valence electrons. The van der Waals surface area contributed by atoms with Crippen molar-refractivity contribution in [3.05, 3.63) is 34.4 Å². The van der Waals surface area contributed by atoms with E-state index in [1.807, 2.05) is 33.8 Å². The Labute approximate surface area is 184 Å². The molecule has 30 heavy (non-hydrogen) atoms. The largest absolute Gasteiger partial charge is 0.353 e. The molecule has 2 aromatic heterocycles. The first-order valence-corrected chi connectivity index (χ1v) is 10.7. The van der Waals surface area contributed by atoms with Crippen LogP contribution in [0.15, 0.2) is 6.07 Å². The lowest BCUT2D eigenvalue weighted by atomic mass is 9.67. The van der Waals surface area contributed by atoms with Gasteiger partial charge < -0.3 is 11.1 Å². The number of aryl methyl sites for hydroxylation is 3.